The van der Waals surface area contributed by atoms with Crippen molar-refractivity contribution in [3.8, 4) is 17.2 Å². The minimum atomic E-state index is -0.418. The van der Waals surface area contributed by atoms with Gasteiger partial charge in [-0.3, -0.25) is 9.55 Å². The lowest BCUT2D eigenvalue weighted by atomic mass is 9.81. The molecular weight excluding hydrogens is 475 g/mol. The summed E-state index contributed by atoms with van der Waals surface area (Å²) in [6.45, 7) is 5.87. The number of benzene rings is 2. The Morgan fingerprint density at radius 3 is 2.47 bits per heavy atom. The van der Waals surface area contributed by atoms with E-state index in [4.69, 9.17) is 14.5 Å². The van der Waals surface area contributed by atoms with Crippen molar-refractivity contribution in [1.82, 2.24) is 19.9 Å². The zero-order valence-electron chi connectivity index (χ0n) is 21.0. The molecule has 2 aromatic carbocycles. The summed E-state index contributed by atoms with van der Waals surface area (Å²) in [6, 6.07) is 16.5. The zero-order chi connectivity index (χ0) is 25.5. The number of halogens is 1. The van der Waals surface area contributed by atoms with E-state index >= 15 is 0 Å². The van der Waals surface area contributed by atoms with E-state index < -0.39 is 5.41 Å². The van der Waals surface area contributed by atoms with E-state index in [1.807, 2.05) is 36.7 Å². The van der Waals surface area contributed by atoms with Crippen LogP contribution in [-0.2, 0) is 12.0 Å². The van der Waals surface area contributed by atoms with Gasteiger partial charge in [-0.1, -0.05) is 37.7 Å². The standard InChI is InChI=1S/C28H31FN4O2S/c1-28(2,21-7-12-24(34-3)25(16-21)35-4)26-19-32-27(33(26)23-10-8-22(29)9-11-23)36-15-14-31-18-20-6-5-13-30-17-20/h5-13,16-17,19,31H,14-15,18H2,1-4H3. The Bertz CT molecular complexity index is 1280. The second kappa shape index (κ2) is 11.6. The number of rotatable bonds is 11. The van der Waals surface area contributed by atoms with Crippen LogP contribution in [0.1, 0.15) is 30.7 Å². The molecule has 8 heteroatoms. The predicted molar refractivity (Wildman–Crippen MR) is 142 cm³/mol. The highest BCUT2D eigenvalue weighted by atomic mass is 32.2. The van der Waals surface area contributed by atoms with Crippen LogP contribution in [0.4, 0.5) is 4.39 Å². The minimum absolute atomic E-state index is 0.270. The molecule has 4 rings (SSSR count). The molecule has 0 saturated heterocycles. The maximum atomic E-state index is 13.7. The van der Waals surface area contributed by atoms with Crippen molar-refractivity contribution in [2.45, 2.75) is 31.0 Å². The smallest absolute Gasteiger partial charge is 0.172 e. The molecule has 6 nitrogen and oxygen atoms in total. The molecule has 4 aromatic rings. The van der Waals surface area contributed by atoms with Gasteiger partial charge in [0.2, 0.25) is 0 Å². The van der Waals surface area contributed by atoms with Gasteiger partial charge in [-0.15, -0.1) is 0 Å². The lowest BCUT2D eigenvalue weighted by Crippen LogP contribution is -2.23. The van der Waals surface area contributed by atoms with Crippen LogP contribution in [-0.4, -0.2) is 41.1 Å². The molecule has 2 heterocycles. The lowest BCUT2D eigenvalue weighted by molar-refractivity contribution is 0.353. The van der Waals surface area contributed by atoms with Crippen LogP contribution in [0.3, 0.4) is 0 Å². The van der Waals surface area contributed by atoms with Gasteiger partial charge in [0.25, 0.3) is 0 Å². The van der Waals surface area contributed by atoms with E-state index in [1.54, 1.807) is 44.3 Å². The molecule has 0 aliphatic heterocycles. The number of methoxy groups -OCH3 is 2. The van der Waals surface area contributed by atoms with Crippen molar-refractivity contribution < 1.29 is 13.9 Å². The van der Waals surface area contributed by atoms with E-state index in [9.17, 15) is 4.39 Å². The van der Waals surface area contributed by atoms with Gasteiger partial charge in [0.1, 0.15) is 5.82 Å². The van der Waals surface area contributed by atoms with Crippen LogP contribution in [0, 0.1) is 5.82 Å². The van der Waals surface area contributed by atoms with Crippen LogP contribution in [0.15, 0.2) is 78.3 Å². The van der Waals surface area contributed by atoms with E-state index in [1.165, 1.54) is 12.1 Å². The number of ether oxygens (including phenoxy) is 2. The molecule has 0 unspecified atom stereocenters. The van der Waals surface area contributed by atoms with Crippen LogP contribution in [0.2, 0.25) is 0 Å². The van der Waals surface area contributed by atoms with Crippen LogP contribution in [0.25, 0.3) is 5.69 Å². The maximum Gasteiger partial charge on any atom is 0.172 e. The van der Waals surface area contributed by atoms with Gasteiger partial charge >= 0.3 is 0 Å². The molecule has 0 saturated carbocycles. The number of hydrogen-bond acceptors (Lipinski definition) is 6. The van der Waals surface area contributed by atoms with E-state index in [2.05, 4.69) is 34.8 Å². The molecule has 1 N–H and O–H groups in total. The summed E-state index contributed by atoms with van der Waals surface area (Å²) in [5.74, 6) is 1.91. The molecule has 0 radical (unpaired) electrons. The third-order valence-corrected chi connectivity index (χ3v) is 7.08. The summed E-state index contributed by atoms with van der Waals surface area (Å²) in [5, 5.41) is 4.31. The Labute approximate surface area is 215 Å². The summed E-state index contributed by atoms with van der Waals surface area (Å²) < 4.78 is 26.8. The average Bonchev–Trinajstić information content (AvgIpc) is 3.34. The molecular formula is C28H31FN4O2S. The van der Waals surface area contributed by atoms with Gasteiger partial charge in [-0.2, -0.15) is 0 Å². The van der Waals surface area contributed by atoms with Crippen molar-refractivity contribution in [2.24, 2.45) is 0 Å². The normalized spacial score (nSPS) is 11.5. The highest BCUT2D eigenvalue weighted by molar-refractivity contribution is 7.99. The van der Waals surface area contributed by atoms with Gasteiger partial charge in [0.05, 0.1) is 26.1 Å². The SMILES string of the molecule is COc1ccc(C(C)(C)c2cnc(SCCNCc3cccnc3)n2-c2ccc(F)cc2)cc1OC. The van der Waals surface area contributed by atoms with Gasteiger partial charge in [0.15, 0.2) is 16.7 Å². The third-order valence-electron chi connectivity index (χ3n) is 6.12. The number of nitrogens with zero attached hydrogens (tertiary/aromatic N) is 3. The Kier molecular flexibility index (Phi) is 8.28. The molecule has 0 aliphatic carbocycles. The largest absolute Gasteiger partial charge is 0.493 e. The first kappa shape index (κ1) is 25.7. The molecule has 0 bridgehead atoms. The number of pyridine rings is 1. The Hall–Kier alpha value is -3.36. The van der Waals surface area contributed by atoms with Crippen molar-refractivity contribution in [1.29, 1.82) is 0 Å². The number of imidazole rings is 1. The quantitative estimate of drug-likeness (QED) is 0.210. The topological polar surface area (TPSA) is 61.2 Å². The van der Waals surface area contributed by atoms with Crippen LogP contribution < -0.4 is 14.8 Å². The Balaban J connectivity index is 1.60. The minimum Gasteiger partial charge on any atom is -0.493 e. The highest BCUT2D eigenvalue weighted by Gasteiger charge is 2.30. The van der Waals surface area contributed by atoms with Crippen molar-refractivity contribution in [3.05, 3.63) is 95.8 Å². The molecule has 0 fully saturated rings. The second-order valence-corrected chi connectivity index (χ2v) is 9.88. The Morgan fingerprint density at radius 2 is 1.78 bits per heavy atom. The average molecular weight is 507 g/mol. The van der Waals surface area contributed by atoms with Crippen molar-refractivity contribution in [3.63, 3.8) is 0 Å². The summed E-state index contributed by atoms with van der Waals surface area (Å²) in [7, 11) is 3.26. The molecule has 36 heavy (non-hydrogen) atoms. The van der Waals surface area contributed by atoms with Crippen molar-refractivity contribution in [2.75, 3.05) is 26.5 Å². The first-order chi connectivity index (χ1) is 17.4. The van der Waals surface area contributed by atoms with Gasteiger partial charge in [-0.25, -0.2) is 9.37 Å². The monoisotopic (exact) mass is 506 g/mol. The summed E-state index contributed by atoms with van der Waals surface area (Å²) in [6.07, 6.45) is 5.55. The fraction of sp³-hybridized carbons (Fsp3) is 0.286. The van der Waals surface area contributed by atoms with E-state index in [-0.39, 0.29) is 5.82 Å². The Morgan fingerprint density at radius 1 is 1.00 bits per heavy atom. The van der Waals surface area contributed by atoms with Gasteiger partial charge in [-0.05, 0) is 53.6 Å². The number of aromatic nitrogens is 3. The first-order valence-electron chi connectivity index (χ1n) is 11.7. The molecule has 0 aliphatic rings. The molecule has 188 valence electrons. The zero-order valence-corrected chi connectivity index (χ0v) is 21.8. The number of nitrogens with one attached hydrogen (secondary N) is 1. The summed E-state index contributed by atoms with van der Waals surface area (Å²) in [5.41, 5.74) is 3.64. The number of hydrogen-bond donors (Lipinski definition) is 1. The lowest BCUT2D eigenvalue weighted by Gasteiger charge is -2.28. The fourth-order valence-corrected chi connectivity index (χ4v) is 4.93. The molecule has 0 atom stereocenters. The van der Waals surface area contributed by atoms with Crippen LogP contribution in [0.5, 0.6) is 11.5 Å². The van der Waals surface area contributed by atoms with E-state index in [0.29, 0.717) is 11.5 Å². The second-order valence-electron chi connectivity index (χ2n) is 8.82. The van der Waals surface area contributed by atoms with Gasteiger partial charge in [0, 0.05) is 42.3 Å². The van der Waals surface area contributed by atoms with Crippen LogP contribution >= 0.6 is 11.8 Å². The number of thioether (sulfide) groups is 1. The predicted octanol–water partition coefficient (Wildman–Crippen LogP) is 5.63. The van der Waals surface area contributed by atoms with Gasteiger partial charge < -0.3 is 14.8 Å². The third kappa shape index (κ3) is 5.71. The maximum absolute atomic E-state index is 13.7. The summed E-state index contributed by atoms with van der Waals surface area (Å²) >= 11 is 1.66. The molecule has 0 spiro atoms. The highest BCUT2D eigenvalue weighted by Crippen LogP contribution is 2.39. The first-order valence-corrected chi connectivity index (χ1v) is 12.7. The molecule has 2 aromatic heterocycles. The van der Waals surface area contributed by atoms with Crippen molar-refractivity contribution >= 4 is 11.8 Å². The summed E-state index contributed by atoms with van der Waals surface area (Å²) in [4.78, 5) is 8.93. The van der Waals surface area contributed by atoms with E-state index in [0.717, 1.165) is 46.5 Å². The fourth-order valence-electron chi connectivity index (χ4n) is 4.04. The molecule has 0 amide bonds.